The zero-order valence-electron chi connectivity index (χ0n) is 11.3. The molecular weight excluding hydrogens is 298 g/mol. The molecule has 110 valence electrons. The second-order valence-corrected chi connectivity index (χ2v) is 4.21. The Morgan fingerprint density at radius 3 is 2.43 bits per heavy atom. The van der Waals surface area contributed by atoms with Gasteiger partial charge in [0.1, 0.15) is 5.15 Å². The Labute approximate surface area is 125 Å². The van der Waals surface area contributed by atoms with Gasteiger partial charge in [-0.1, -0.05) is 11.6 Å². The average Bonchev–Trinajstić information content (AvgIpc) is 2.49. The van der Waals surface area contributed by atoms with E-state index < -0.39 is 5.91 Å². The number of halogens is 1. The third-order valence-electron chi connectivity index (χ3n) is 2.47. The molecule has 0 unspecified atom stereocenters. The van der Waals surface area contributed by atoms with Crippen molar-refractivity contribution in [3.63, 3.8) is 0 Å². The van der Waals surface area contributed by atoms with E-state index in [0.29, 0.717) is 0 Å². The molecule has 0 aliphatic carbocycles. The lowest BCUT2D eigenvalue weighted by atomic mass is 10.2. The Bertz CT molecular complexity index is 658. The Morgan fingerprint density at radius 2 is 1.86 bits per heavy atom. The summed E-state index contributed by atoms with van der Waals surface area (Å²) in [6, 6.07) is 2.83. The maximum Gasteiger partial charge on any atom is 0.260 e. The number of anilines is 2. The number of rotatable bonds is 4. The molecule has 2 heterocycles. The number of pyridine rings is 1. The number of aromatic nitrogens is 3. The first-order chi connectivity index (χ1) is 10.0. The van der Waals surface area contributed by atoms with Crippen LogP contribution >= 0.6 is 11.6 Å². The third kappa shape index (κ3) is 3.48. The molecule has 8 nitrogen and oxygen atoms in total. The summed E-state index contributed by atoms with van der Waals surface area (Å²) < 4.78 is 9.98. The van der Waals surface area contributed by atoms with E-state index in [1.54, 1.807) is 0 Å². The largest absolute Gasteiger partial charge is 0.481 e. The van der Waals surface area contributed by atoms with Gasteiger partial charge >= 0.3 is 0 Å². The molecule has 2 aromatic rings. The van der Waals surface area contributed by atoms with Crippen molar-refractivity contribution in [1.82, 2.24) is 15.0 Å². The van der Waals surface area contributed by atoms with Gasteiger partial charge in [-0.05, 0) is 6.07 Å². The Morgan fingerprint density at radius 1 is 1.24 bits per heavy atom. The number of carbonyl (C=O) groups excluding carboxylic acids is 1. The smallest absolute Gasteiger partial charge is 0.260 e. The van der Waals surface area contributed by atoms with E-state index >= 15 is 0 Å². The maximum absolute atomic E-state index is 12.1. The number of carbonyl (C=O) groups is 1. The van der Waals surface area contributed by atoms with Crippen LogP contribution < -0.4 is 20.5 Å². The molecule has 1 amide bonds. The van der Waals surface area contributed by atoms with Crippen LogP contribution in [0.1, 0.15) is 10.4 Å². The predicted molar refractivity (Wildman–Crippen MR) is 76.7 cm³/mol. The monoisotopic (exact) mass is 309 g/mol. The quantitative estimate of drug-likeness (QED) is 0.820. The van der Waals surface area contributed by atoms with Crippen LogP contribution in [0.2, 0.25) is 5.15 Å². The minimum atomic E-state index is -0.521. The van der Waals surface area contributed by atoms with Crippen LogP contribution in [0.15, 0.2) is 18.3 Å². The number of nitrogens with two attached hydrogens (primary N) is 1. The summed E-state index contributed by atoms with van der Waals surface area (Å²) in [6.45, 7) is 0. The molecule has 0 saturated heterocycles. The Balaban J connectivity index is 2.28. The van der Waals surface area contributed by atoms with Crippen molar-refractivity contribution in [2.75, 3.05) is 25.3 Å². The second kappa shape index (κ2) is 6.23. The number of nitrogen functional groups attached to an aromatic ring is 1. The van der Waals surface area contributed by atoms with E-state index in [9.17, 15) is 4.79 Å². The number of methoxy groups -OCH3 is 2. The molecule has 21 heavy (non-hydrogen) atoms. The summed E-state index contributed by atoms with van der Waals surface area (Å²) in [5.74, 6) is -0.00796. The molecule has 0 radical (unpaired) electrons. The highest BCUT2D eigenvalue weighted by Crippen LogP contribution is 2.19. The molecule has 2 rings (SSSR count). The Kier molecular flexibility index (Phi) is 4.39. The van der Waals surface area contributed by atoms with Crippen LogP contribution in [0, 0.1) is 0 Å². The fourth-order valence-corrected chi connectivity index (χ4v) is 1.63. The number of nitrogens with one attached hydrogen (secondary N) is 1. The first-order valence-corrected chi connectivity index (χ1v) is 6.10. The second-order valence-electron chi connectivity index (χ2n) is 3.82. The molecule has 0 spiro atoms. The number of nitrogens with zero attached hydrogens (tertiary/aromatic N) is 3. The normalized spacial score (nSPS) is 10.0. The molecule has 0 atom stereocenters. The summed E-state index contributed by atoms with van der Waals surface area (Å²) in [5.41, 5.74) is 6.04. The fraction of sp³-hybridized carbons (Fsp3) is 0.167. The van der Waals surface area contributed by atoms with Crippen molar-refractivity contribution < 1.29 is 14.3 Å². The van der Waals surface area contributed by atoms with Crippen molar-refractivity contribution in [3.05, 3.63) is 29.0 Å². The topological polar surface area (TPSA) is 112 Å². The molecule has 0 aliphatic heterocycles. The molecule has 2 aromatic heterocycles. The highest BCUT2D eigenvalue weighted by molar-refractivity contribution is 6.30. The van der Waals surface area contributed by atoms with Gasteiger partial charge in [-0.2, -0.15) is 9.97 Å². The van der Waals surface area contributed by atoms with Gasteiger partial charge in [0.05, 0.1) is 37.7 Å². The number of ether oxygens (including phenoxy) is 2. The van der Waals surface area contributed by atoms with Gasteiger partial charge in [0, 0.05) is 0 Å². The summed E-state index contributed by atoms with van der Waals surface area (Å²) >= 11 is 5.74. The van der Waals surface area contributed by atoms with Gasteiger partial charge in [-0.25, -0.2) is 4.98 Å². The first kappa shape index (κ1) is 14.8. The number of hydrogen-bond acceptors (Lipinski definition) is 7. The van der Waals surface area contributed by atoms with Crippen LogP contribution in [0.3, 0.4) is 0 Å². The van der Waals surface area contributed by atoms with Crippen molar-refractivity contribution >= 4 is 29.1 Å². The zero-order valence-corrected chi connectivity index (χ0v) is 12.0. The summed E-state index contributed by atoms with van der Waals surface area (Å²) in [6.07, 6.45) is 1.30. The van der Waals surface area contributed by atoms with Gasteiger partial charge in [0.2, 0.25) is 17.7 Å². The van der Waals surface area contributed by atoms with E-state index in [4.69, 9.17) is 26.8 Å². The van der Waals surface area contributed by atoms with E-state index in [1.165, 1.54) is 32.5 Å². The van der Waals surface area contributed by atoms with Gasteiger partial charge in [0.25, 0.3) is 5.91 Å². The minimum Gasteiger partial charge on any atom is -0.481 e. The lowest BCUT2D eigenvalue weighted by Gasteiger charge is -2.08. The first-order valence-electron chi connectivity index (χ1n) is 5.73. The predicted octanol–water partition coefficient (Wildman–Crippen LogP) is 1.38. The van der Waals surface area contributed by atoms with Gasteiger partial charge in [-0.3, -0.25) is 10.1 Å². The van der Waals surface area contributed by atoms with Crippen molar-refractivity contribution in [2.24, 2.45) is 0 Å². The van der Waals surface area contributed by atoms with E-state index in [2.05, 4.69) is 20.3 Å². The lowest BCUT2D eigenvalue weighted by Crippen LogP contribution is -2.16. The summed E-state index contributed by atoms with van der Waals surface area (Å²) in [5, 5.41) is 2.64. The molecule has 9 heteroatoms. The van der Waals surface area contributed by atoms with E-state index in [1.807, 2.05) is 0 Å². The standard InChI is InChI=1S/C12H12ClN5O3/c1-20-9-4-10(21-2)17-12(16-9)18-11(19)6-3-8(13)15-5-7(6)14/h3-5H,14H2,1-2H3,(H,16,17,18,19). The van der Waals surface area contributed by atoms with Crippen LogP contribution in [-0.4, -0.2) is 35.1 Å². The SMILES string of the molecule is COc1cc(OC)nc(NC(=O)c2cc(Cl)ncc2N)n1. The van der Waals surface area contributed by atoms with Crippen LogP contribution in [0.5, 0.6) is 11.8 Å². The van der Waals surface area contributed by atoms with Gasteiger partial charge in [0.15, 0.2) is 0 Å². The van der Waals surface area contributed by atoms with E-state index in [0.717, 1.165) is 0 Å². The van der Waals surface area contributed by atoms with Crippen LogP contribution in [-0.2, 0) is 0 Å². The van der Waals surface area contributed by atoms with Crippen molar-refractivity contribution in [2.45, 2.75) is 0 Å². The van der Waals surface area contributed by atoms with Crippen molar-refractivity contribution in [1.29, 1.82) is 0 Å². The molecule has 0 saturated carbocycles. The third-order valence-corrected chi connectivity index (χ3v) is 2.68. The highest BCUT2D eigenvalue weighted by Gasteiger charge is 2.14. The van der Waals surface area contributed by atoms with Crippen LogP contribution in [0.4, 0.5) is 11.6 Å². The molecule has 0 aromatic carbocycles. The highest BCUT2D eigenvalue weighted by atomic mass is 35.5. The molecule has 3 N–H and O–H groups in total. The molecule has 0 aliphatic rings. The van der Waals surface area contributed by atoms with Crippen molar-refractivity contribution in [3.8, 4) is 11.8 Å². The number of hydrogen-bond donors (Lipinski definition) is 2. The fourth-order valence-electron chi connectivity index (χ4n) is 1.47. The van der Waals surface area contributed by atoms with Gasteiger partial charge in [-0.15, -0.1) is 0 Å². The average molecular weight is 310 g/mol. The minimum absolute atomic E-state index is 0.0172. The molecular formula is C12H12ClN5O3. The molecule has 0 fully saturated rings. The molecule has 0 bridgehead atoms. The zero-order chi connectivity index (χ0) is 15.4. The van der Waals surface area contributed by atoms with Crippen LogP contribution in [0.25, 0.3) is 0 Å². The lowest BCUT2D eigenvalue weighted by molar-refractivity contribution is 0.102. The maximum atomic E-state index is 12.1. The summed E-state index contributed by atoms with van der Waals surface area (Å²) in [4.78, 5) is 23.9. The van der Waals surface area contributed by atoms with E-state index in [-0.39, 0.29) is 34.1 Å². The van der Waals surface area contributed by atoms with Gasteiger partial charge < -0.3 is 15.2 Å². The Hall–Kier alpha value is -2.61. The number of amides is 1. The summed E-state index contributed by atoms with van der Waals surface area (Å²) in [7, 11) is 2.88.